The van der Waals surface area contributed by atoms with Gasteiger partial charge < -0.3 is 14.5 Å². The molecule has 1 N–H and O–H groups in total. The summed E-state index contributed by atoms with van der Waals surface area (Å²) in [6.07, 6.45) is 7.82. The first-order chi connectivity index (χ1) is 9.72. The van der Waals surface area contributed by atoms with Crippen LogP contribution in [0.5, 0.6) is 0 Å². The van der Waals surface area contributed by atoms with E-state index in [0.717, 1.165) is 11.7 Å². The number of furan rings is 1. The predicted octanol–water partition coefficient (Wildman–Crippen LogP) is 3.51. The summed E-state index contributed by atoms with van der Waals surface area (Å²) in [4.78, 5) is 11.3. The molecule has 0 aliphatic heterocycles. The summed E-state index contributed by atoms with van der Waals surface area (Å²) in [5.74, 6) is 1.57. The molecule has 1 saturated carbocycles. The highest BCUT2D eigenvalue weighted by Gasteiger charge is 2.20. The summed E-state index contributed by atoms with van der Waals surface area (Å²) in [5.41, 5.74) is 0. The molecule has 20 heavy (non-hydrogen) atoms. The Morgan fingerprint density at radius 3 is 2.75 bits per heavy atom. The van der Waals surface area contributed by atoms with Gasteiger partial charge in [-0.3, -0.25) is 0 Å². The molecule has 4 heteroatoms. The molecule has 0 atom stereocenters. The SMILES string of the molecule is CCCC1CCC(NCc2ccc(C(=O)OC)o2)CC1. The molecule has 0 aromatic carbocycles. The van der Waals surface area contributed by atoms with Crippen molar-refractivity contribution in [1.82, 2.24) is 5.32 Å². The predicted molar refractivity (Wildman–Crippen MR) is 77.5 cm³/mol. The quantitative estimate of drug-likeness (QED) is 0.810. The van der Waals surface area contributed by atoms with Crippen LogP contribution in [0.3, 0.4) is 0 Å². The lowest BCUT2D eigenvalue weighted by atomic mass is 9.83. The summed E-state index contributed by atoms with van der Waals surface area (Å²) >= 11 is 0. The van der Waals surface area contributed by atoms with Gasteiger partial charge in [-0.1, -0.05) is 19.8 Å². The topological polar surface area (TPSA) is 51.5 Å². The number of esters is 1. The van der Waals surface area contributed by atoms with Gasteiger partial charge in [0.2, 0.25) is 5.76 Å². The molecule has 1 heterocycles. The van der Waals surface area contributed by atoms with Crippen LogP contribution in [0, 0.1) is 5.92 Å². The van der Waals surface area contributed by atoms with Crippen LogP contribution < -0.4 is 5.32 Å². The van der Waals surface area contributed by atoms with E-state index in [1.807, 2.05) is 6.07 Å². The van der Waals surface area contributed by atoms with Gasteiger partial charge in [0.15, 0.2) is 0 Å². The Hall–Kier alpha value is -1.29. The first kappa shape index (κ1) is 15.1. The number of ether oxygens (including phenoxy) is 1. The van der Waals surface area contributed by atoms with E-state index in [9.17, 15) is 4.79 Å². The Labute approximate surface area is 120 Å². The van der Waals surface area contributed by atoms with Crippen molar-refractivity contribution >= 4 is 5.97 Å². The highest BCUT2D eigenvalue weighted by atomic mass is 16.5. The van der Waals surface area contributed by atoms with E-state index in [-0.39, 0.29) is 5.76 Å². The van der Waals surface area contributed by atoms with Crippen LogP contribution in [0.1, 0.15) is 61.8 Å². The van der Waals surface area contributed by atoms with Gasteiger partial charge in [0.25, 0.3) is 0 Å². The second kappa shape index (κ2) is 7.48. The third-order valence-corrected chi connectivity index (χ3v) is 4.16. The maximum absolute atomic E-state index is 11.3. The largest absolute Gasteiger partial charge is 0.463 e. The standard InChI is InChI=1S/C16H25NO3/c1-3-4-12-5-7-13(8-6-12)17-11-14-9-10-15(20-14)16(18)19-2/h9-10,12-13,17H,3-8,11H2,1-2H3. The minimum atomic E-state index is -0.420. The van der Waals surface area contributed by atoms with Gasteiger partial charge in [-0.25, -0.2) is 4.79 Å². The van der Waals surface area contributed by atoms with E-state index in [1.165, 1.54) is 45.6 Å². The molecule has 1 aliphatic carbocycles. The number of carbonyl (C=O) groups is 1. The summed E-state index contributed by atoms with van der Waals surface area (Å²) in [7, 11) is 1.36. The number of hydrogen-bond donors (Lipinski definition) is 1. The average molecular weight is 279 g/mol. The average Bonchev–Trinajstić information content (AvgIpc) is 2.95. The fourth-order valence-corrected chi connectivity index (χ4v) is 2.99. The summed E-state index contributed by atoms with van der Waals surface area (Å²) in [5, 5.41) is 3.52. The van der Waals surface area contributed by atoms with E-state index in [4.69, 9.17) is 4.42 Å². The third-order valence-electron chi connectivity index (χ3n) is 4.16. The zero-order chi connectivity index (χ0) is 14.4. The summed E-state index contributed by atoms with van der Waals surface area (Å²) in [6.45, 7) is 2.94. The van der Waals surface area contributed by atoms with Crippen LogP contribution in [-0.4, -0.2) is 19.1 Å². The van der Waals surface area contributed by atoms with Crippen molar-refractivity contribution in [1.29, 1.82) is 0 Å². The molecule has 1 aliphatic rings. The summed E-state index contributed by atoms with van der Waals surface area (Å²) in [6, 6.07) is 4.08. The molecule has 112 valence electrons. The number of nitrogens with one attached hydrogen (secondary N) is 1. The molecule has 0 bridgehead atoms. The molecule has 0 saturated heterocycles. The van der Waals surface area contributed by atoms with Crippen LogP contribution in [0.15, 0.2) is 16.5 Å². The van der Waals surface area contributed by atoms with Gasteiger partial charge in [0.05, 0.1) is 13.7 Å². The summed E-state index contributed by atoms with van der Waals surface area (Å²) < 4.78 is 10.1. The van der Waals surface area contributed by atoms with Crippen molar-refractivity contribution in [2.45, 2.75) is 58.0 Å². The van der Waals surface area contributed by atoms with Crippen molar-refractivity contribution < 1.29 is 13.9 Å². The number of methoxy groups -OCH3 is 1. The zero-order valence-corrected chi connectivity index (χ0v) is 12.5. The van der Waals surface area contributed by atoms with E-state index < -0.39 is 5.97 Å². The zero-order valence-electron chi connectivity index (χ0n) is 12.5. The number of hydrogen-bond acceptors (Lipinski definition) is 4. The minimum absolute atomic E-state index is 0.274. The number of carbonyl (C=O) groups excluding carboxylic acids is 1. The van der Waals surface area contributed by atoms with E-state index in [0.29, 0.717) is 12.6 Å². The van der Waals surface area contributed by atoms with Crippen LogP contribution in [0.2, 0.25) is 0 Å². The van der Waals surface area contributed by atoms with Crippen molar-refractivity contribution in [2.75, 3.05) is 7.11 Å². The Morgan fingerprint density at radius 2 is 2.10 bits per heavy atom. The van der Waals surface area contributed by atoms with Crippen LogP contribution in [0.25, 0.3) is 0 Å². The van der Waals surface area contributed by atoms with Crippen molar-refractivity contribution in [2.24, 2.45) is 5.92 Å². The van der Waals surface area contributed by atoms with Crippen LogP contribution in [0.4, 0.5) is 0 Å². The fourth-order valence-electron chi connectivity index (χ4n) is 2.99. The molecule has 1 fully saturated rings. The van der Waals surface area contributed by atoms with Crippen molar-refractivity contribution in [3.05, 3.63) is 23.7 Å². The first-order valence-electron chi connectivity index (χ1n) is 7.63. The molecular weight excluding hydrogens is 254 g/mol. The molecule has 0 spiro atoms. The molecule has 0 unspecified atom stereocenters. The van der Waals surface area contributed by atoms with Crippen LogP contribution >= 0.6 is 0 Å². The van der Waals surface area contributed by atoms with Crippen molar-refractivity contribution in [3.63, 3.8) is 0 Å². The fraction of sp³-hybridized carbons (Fsp3) is 0.688. The van der Waals surface area contributed by atoms with Gasteiger partial charge in [0, 0.05) is 6.04 Å². The Balaban J connectivity index is 1.73. The molecule has 2 rings (SSSR count). The highest BCUT2D eigenvalue weighted by molar-refractivity contribution is 5.86. The lowest BCUT2D eigenvalue weighted by Gasteiger charge is -2.28. The molecule has 4 nitrogen and oxygen atoms in total. The van der Waals surface area contributed by atoms with E-state index in [1.54, 1.807) is 6.07 Å². The Morgan fingerprint density at radius 1 is 1.35 bits per heavy atom. The minimum Gasteiger partial charge on any atom is -0.463 e. The molecule has 0 amide bonds. The normalized spacial score (nSPS) is 22.7. The Bertz CT molecular complexity index is 419. The smallest absolute Gasteiger partial charge is 0.373 e. The second-order valence-electron chi connectivity index (χ2n) is 5.64. The lowest BCUT2D eigenvalue weighted by molar-refractivity contribution is 0.0562. The monoisotopic (exact) mass is 279 g/mol. The second-order valence-corrected chi connectivity index (χ2v) is 5.64. The molecule has 1 aromatic heterocycles. The molecular formula is C16H25NO3. The van der Waals surface area contributed by atoms with Crippen molar-refractivity contribution in [3.8, 4) is 0 Å². The van der Waals surface area contributed by atoms with E-state index in [2.05, 4.69) is 17.0 Å². The van der Waals surface area contributed by atoms with Gasteiger partial charge in [-0.15, -0.1) is 0 Å². The molecule has 0 radical (unpaired) electrons. The van der Waals surface area contributed by atoms with Gasteiger partial charge in [-0.05, 0) is 43.7 Å². The lowest BCUT2D eigenvalue weighted by Crippen LogP contribution is -2.32. The van der Waals surface area contributed by atoms with Gasteiger partial charge in [-0.2, -0.15) is 0 Å². The molecule has 1 aromatic rings. The highest BCUT2D eigenvalue weighted by Crippen LogP contribution is 2.27. The maximum atomic E-state index is 11.3. The maximum Gasteiger partial charge on any atom is 0.373 e. The van der Waals surface area contributed by atoms with Gasteiger partial charge in [0.1, 0.15) is 5.76 Å². The Kier molecular flexibility index (Phi) is 5.65. The first-order valence-corrected chi connectivity index (χ1v) is 7.63. The van der Waals surface area contributed by atoms with Crippen LogP contribution in [-0.2, 0) is 11.3 Å². The third kappa shape index (κ3) is 4.10. The van der Waals surface area contributed by atoms with E-state index >= 15 is 0 Å². The number of rotatable bonds is 6. The van der Waals surface area contributed by atoms with Gasteiger partial charge >= 0.3 is 5.97 Å².